The standard InChI is InChI=1S/C7H14O3S/c8-11-4-2-1-3-9-5-7-6-10-7/h7-8H,1-6H2. The fraction of sp³-hybridized carbons (Fsp3) is 1.00. The van der Waals surface area contributed by atoms with Crippen LogP contribution in [0.4, 0.5) is 0 Å². The summed E-state index contributed by atoms with van der Waals surface area (Å²) in [5, 5.41) is 0. The number of unbranched alkanes of at least 4 members (excludes halogenated alkanes) is 1. The molecule has 1 aliphatic heterocycles. The van der Waals surface area contributed by atoms with Crippen molar-refractivity contribution in [3.8, 4) is 0 Å². The second kappa shape index (κ2) is 5.83. The van der Waals surface area contributed by atoms with Crippen LogP contribution in [0.25, 0.3) is 0 Å². The molecule has 11 heavy (non-hydrogen) atoms. The van der Waals surface area contributed by atoms with E-state index in [0.29, 0.717) is 6.10 Å². The van der Waals surface area contributed by atoms with Gasteiger partial charge in [-0.1, -0.05) is 0 Å². The Kier molecular flexibility index (Phi) is 4.94. The molecule has 1 N–H and O–H groups in total. The van der Waals surface area contributed by atoms with E-state index in [0.717, 1.165) is 50.5 Å². The molecular weight excluding hydrogens is 164 g/mol. The summed E-state index contributed by atoms with van der Waals surface area (Å²) in [6.07, 6.45) is 2.43. The minimum atomic E-state index is 0.377. The predicted octanol–water partition coefficient (Wildman–Crippen LogP) is 1.39. The molecule has 1 saturated heterocycles. The molecule has 66 valence electrons. The van der Waals surface area contributed by atoms with Crippen LogP contribution in [0.15, 0.2) is 0 Å². The molecule has 0 saturated carbocycles. The number of epoxide rings is 1. The summed E-state index contributed by atoms with van der Waals surface area (Å²) in [6, 6.07) is 0. The van der Waals surface area contributed by atoms with Crippen LogP contribution < -0.4 is 0 Å². The Morgan fingerprint density at radius 3 is 3.00 bits per heavy atom. The Hall–Kier alpha value is 0.230. The molecule has 0 radical (unpaired) electrons. The van der Waals surface area contributed by atoms with E-state index in [2.05, 4.69) is 0 Å². The highest BCUT2D eigenvalue weighted by Gasteiger charge is 2.21. The van der Waals surface area contributed by atoms with Gasteiger partial charge in [0.15, 0.2) is 0 Å². The summed E-state index contributed by atoms with van der Waals surface area (Å²) in [5.74, 6) is 0.809. The summed E-state index contributed by atoms with van der Waals surface area (Å²) in [4.78, 5) is 0. The highest BCUT2D eigenvalue weighted by Crippen LogP contribution is 2.08. The molecule has 1 fully saturated rings. The molecule has 0 amide bonds. The molecule has 0 spiro atoms. The van der Waals surface area contributed by atoms with Crippen LogP contribution in [-0.2, 0) is 9.47 Å². The molecule has 0 aromatic heterocycles. The second-order valence-electron chi connectivity index (χ2n) is 2.57. The first kappa shape index (κ1) is 9.32. The summed E-state index contributed by atoms with van der Waals surface area (Å²) in [7, 11) is 0. The molecule has 0 aromatic rings. The van der Waals surface area contributed by atoms with Gasteiger partial charge >= 0.3 is 0 Å². The Morgan fingerprint density at radius 1 is 1.55 bits per heavy atom. The van der Waals surface area contributed by atoms with Crippen LogP contribution >= 0.6 is 12.0 Å². The van der Waals surface area contributed by atoms with Crippen LogP contribution in [-0.4, -0.2) is 36.2 Å². The highest BCUT2D eigenvalue weighted by atomic mass is 32.2. The maximum absolute atomic E-state index is 8.38. The fourth-order valence-corrected chi connectivity index (χ4v) is 1.08. The first-order valence-corrected chi connectivity index (χ1v) is 4.83. The van der Waals surface area contributed by atoms with Gasteiger partial charge in [0, 0.05) is 12.4 Å². The van der Waals surface area contributed by atoms with Gasteiger partial charge in [0.1, 0.15) is 6.10 Å². The number of rotatable bonds is 7. The van der Waals surface area contributed by atoms with Crippen LogP contribution in [0.3, 0.4) is 0 Å². The molecule has 1 heterocycles. The van der Waals surface area contributed by atoms with Crippen molar-refractivity contribution in [3.63, 3.8) is 0 Å². The van der Waals surface area contributed by atoms with Gasteiger partial charge in [0.05, 0.1) is 13.2 Å². The van der Waals surface area contributed by atoms with E-state index in [-0.39, 0.29) is 0 Å². The van der Waals surface area contributed by atoms with Crippen molar-refractivity contribution in [2.45, 2.75) is 18.9 Å². The lowest BCUT2D eigenvalue weighted by Crippen LogP contribution is -2.02. The van der Waals surface area contributed by atoms with Gasteiger partial charge < -0.3 is 14.0 Å². The van der Waals surface area contributed by atoms with Crippen molar-refractivity contribution in [2.75, 3.05) is 25.6 Å². The first-order valence-electron chi connectivity index (χ1n) is 3.89. The lowest BCUT2D eigenvalue weighted by molar-refractivity contribution is 0.114. The Bertz CT molecular complexity index is 95.7. The van der Waals surface area contributed by atoms with Crippen LogP contribution in [0.1, 0.15) is 12.8 Å². The molecule has 1 unspecified atom stereocenters. The summed E-state index contributed by atoms with van der Waals surface area (Å²) in [6.45, 7) is 2.40. The zero-order valence-electron chi connectivity index (χ0n) is 6.49. The summed E-state index contributed by atoms with van der Waals surface area (Å²) in [5.41, 5.74) is 0. The topological polar surface area (TPSA) is 42.0 Å². The van der Waals surface area contributed by atoms with Gasteiger partial charge in [-0.25, -0.2) is 0 Å². The normalized spacial score (nSPS) is 22.1. The van der Waals surface area contributed by atoms with Crippen LogP contribution in [0, 0.1) is 0 Å². The number of ether oxygens (including phenoxy) is 2. The lowest BCUT2D eigenvalue weighted by Gasteiger charge is -1.99. The molecule has 4 heteroatoms. The van der Waals surface area contributed by atoms with E-state index >= 15 is 0 Å². The van der Waals surface area contributed by atoms with Crippen molar-refractivity contribution in [1.82, 2.24) is 0 Å². The Morgan fingerprint density at radius 2 is 2.36 bits per heavy atom. The first-order chi connectivity index (χ1) is 5.43. The van der Waals surface area contributed by atoms with Crippen molar-refractivity contribution in [3.05, 3.63) is 0 Å². The molecular formula is C7H14O3S. The Balaban J connectivity index is 1.66. The monoisotopic (exact) mass is 178 g/mol. The van der Waals surface area contributed by atoms with E-state index in [9.17, 15) is 0 Å². The second-order valence-corrected chi connectivity index (χ2v) is 3.24. The zero-order chi connectivity index (χ0) is 7.94. The van der Waals surface area contributed by atoms with Gasteiger partial charge in [0.2, 0.25) is 0 Å². The maximum Gasteiger partial charge on any atom is 0.104 e. The van der Waals surface area contributed by atoms with Crippen molar-refractivity contribution in [2.24, 2.45) is 0 Å². The smallest absolute Gasteiger partial charge is 0.104 e. The number of hydrogen-bond acceptors (Lipinski definition) is 4. The van der Waals surface area contributed by atoms with Crippen LogP contribution in [0.5, 0.6) is 0 Å². The third-order valence-corrected chi connectivity index (χ3v) is 1.95. The van der Waals surface area contributed by atoms with E-state index in [1.54, 1.807) is 0 Å². The van der Waals surface area contributed by atoms with E-state index in [1.807, 2.05) is 0 Å². The summed E-state index contributed by atoms with van der Waals surface area (Å²) >= 11 is 0.898. The molecule has 1 rings (SSSR count). The molecule has 0 aliphatic carbocycles. The summed E-state index contributed by atoms with van der Waals surface area (Å²) < 4.78 is 18.6. The highest BCUT2D eigenvalue weighted by molar-refractivity contribution is 7.93. The van der Waals surface area contributed by atoms with Crippen molar-refractivity contribution >= 4 is 12.0 Å². The van der Waals surface area contributed by atoms with E-state index in [4.69, 9.17) is 14.0 Å². The third-order valence-electron chi connectivity index (χ3n) is 1.48. The largest absolute Gasteiger partial charge is 0.379 e. The Labute approximate surface area is 71.3 Å². The van der Waals surface area contributed by atoms with Crippen LogP contribution in [0.2, 0.25) is 0 Å². The van der Waals surface area contributed by atoms with Crippen molar-refractivity contribution in [1.29, 1.82) is 0 Å². The number of hydrogen-bond donors (Lipinski definition) is 1. The maximum atomic E-state index is 8.38. The van der Waals surface area contributed by atoms with E-state index < -0.39 is 0 Å². The third kappa shape index (κ3) is 5.49. The lowest BCUT2D eigenvalue weighted by atomic mass is 10.4. The molecule has 3 nitrogen and oxygen atoms in total. The van der Waals surface area contributed by atoms with Gasteiger partial charge in [0.25, 0.3) is 0 Å². The minimum Gasteiger partial charge on any atom is -0.379 e. The zero-order valence-corrected chi connectivity index (χ0v) is 7.31. The van der Waals surface area contributed by atoms with Gasteiger partial charge in [-0.15, -0.1) is 0 Å². The SMILES string of the molecule is OSCCCCOCC1CO1. The van der Waals surface area contributed by atoms with Crippen molar-refractivity contribution < 1.29 is 14.0 Å². The molecule has 1 aliphatic rings. The predicted molar refractivity (Wildman–Crippen MR) is 44.9 cm³/mol. The molecule has 0 bridgehead atoms. The van der Waals surface area contributed by atoms with Gasteiger partial charge in [-0.05, 0) is 24.9 Å². The molecule has 1 atom stereocenters. The average molecular weight is 178 g/mol. The van der Waals surface area contributed by atoms with Gasteiger partial charge in [-0.2, -0.15) is 0 Å². The average Bonchev–Trinajstić information content (AvgIpc) is 2.80. The molecule has 0 aromatic carbocycles. The quantitative estimate of drug-likeness (QED) is 0.363. The van der Waals surface area contributed by atoms with E-state index in [1.165, 1.54) is 0 Å². The fourth-order valence-electron chi connectivity index (χ4n) is 0.750. The minimum absolute atomic E-state index is 0.377. The van der Waals surface area contributed by atoms with Gasteiger partial charge in [-0.3, -0.25) is 0 Å².